The van der Waals surface area contributed by atoms with E-state index in [0.717, 1.165) is 4.88 Å². The predicted octanol–water partition coefficient (Wildman–Crippen LogP) is 3.04. The van der Waals surface area contributed by atoms with Crippen LogP contribution in [0.4, 0.5) is 11.4 Å². The summed E-state index contributed by atoms with van der Waals surface area (Å²) in [7, 11) is -3.04. The number of sulfone groups is 1. The Morgan fingerprint density at radius 2 is 2.08 bits per heavy atom. The van der Waals surface area contributed by atoms with Gasteiger partial charge < -0.3 is 10.2 Å². The van der Waals surface area contributed by atoms with Gasteiger partial charge in [-0.1, -0.05) is 6.07 Å². The van der Waals surface area contributed by atoms with E-state index in [9.17, 15) is 18.5 Å². The summed E-state index contributed by atoms with van der Waals surface area (Å²) >= 11 is 7.10. The minimum atomic E-state index is -3.04. The third-order valence-electron chi connectivity index (χ3n) is 4.15. The zero-order chi connectivity index (χ0) is 18.7. The first kappa shape index (κ1) is 18.7. The number of hydrogen-bond acceptors (Lipinski definition) is 6. The third kappa shape index (κ3) is 4.57. The Hall–Kier alpha value is -2.04. The van der Waals surface area contributed by atoms with Crippen LogP contribution in [0.2, 0.25) is 0 Å². The zero-order valence-corrected chi connectivity index (χ0v) is 16.1. The first-order chi connectivity index (χ1) is 12.3. The van der Waals surface area contributed by atoms with Crippen molar-refractivity contribution in [3.05, 3.63) is 56.8 Å². The molecule has 26 heavy (non-hydrogen) atoms. The number of thiophene rings is 1. The molecule has 1 fully saturated rings. The predicted molar refractivity (Wildman–Crippen MR) is 106 cm³/mol. The van der Waals surface area contributed by atoms with Gasteiger partial charge in [0.2, 0.25) is 0 Å². The molecule has 1 aromatic heterocycles. The minimum Gasteiger partial charge on any atom is -0.340 e. The van der Waals surface area contributed by atoms with E-state index in [0.29, 0.717) is 23.8 Å². The van der Waals surface area contributed by atoms with Gasteiger partial charge in [0, 0.05) is 28.7 Å². The van der Waals surface area contributed by atoms with Crippen molar-refractivity contribution >= 4 is 49.9 Å². The van der Waals surface area contributed by atoms with Crippen LogP contribution in [0.25, 0.3) is 0 Å². The number of non-ortho nitro benzene ring substituents is 1. The standard InChI is InChI=1S/C16H17N3O4S3/c20-19(21)13-5-3-12(4-6-13)17-16(24)18(10-15-2-1-8-25-15)14-7-9-26(22,23)11-14/h1-6,8,14H,7,9-11H2,(H,17,24)/t14-/m1/s1. The molecule has 1 aliphatic heterocycles. The highest BCUT2D eigenvalue weighted by Gasteiger charge is 2.33. The average Bonchev–Trinajstić information content (AvgIpc) is 3.22. The fourth-order valence-corrected chi connectivity index (χ4v) is 5.58. The van der Waals surface area contributed by atoms with E-state index in [1.165, 1.54) is 12.1 Å². The third-order valence-corrected chi connectivity index (χ3v) is 7.09. The highest BCUT2D eigenvalue weighted by molar-refractivity contribution is 7.91. The molecular formula is C16H17N3O4S3. The van der Waals surface area contributed by atoms with Gasteiger partial charge in [-0.3, -0.25) is 10.1 Å². The number of nitrogens with zero attached hydrogens (tertiary/aromatic N) is 2. The van der Waals surface area contributed by atoms with Crippen LogP contribution in [-0.4, -0.2) is 40.9 Å². The Morgan fingerprint density at radius 3 is 2.62 bits per heavy atom. The summed E-state index contributed by atoms with van der Waals surface area (Å²) in [5.74, 6) is 0.249. The monoisotopic (exact) mass is 411 g/mol. The molecule has 1 N–H and O–H groups in total. The number of nitro groups is 1. The lowest BCUT2D eigenvalue weighted by Crippen LogP contribution is -2.42. The maximum atomic E-state index is 11.9. The summed E-state index contributed by atoms with van der Waals surface area (Å²) in [4.78, 5) is 13.3. The van der Waals surface area contributed by atoms with E-state index in [1.54, 1.807) is 23.5 Å². The van der Waals surface area contributed by atoms with Crippen molar-refractivity contribution in [2.24, 2.45) is 0 Å². The highest BCUT2D eigenvalue weighted by Crippen LogP contribution is 2.23. The molecule has 2 aromatic rings. The van der Waals surface area contributed by atoms with E-state index >= 15 is 0 Å². The maximum Gasteiger partial charge on any atom is 0.269 e. The van der Waals surface area contributed by atoms with Crippen molar-refractivity contribution in [1.82, 2.24) is 4.90 Å². The lowest BCUT2D eigenvalue weighted by molar-refractivity contribution is -0.384. The molecule has 1 saturated heterocycles. The molecule has 10 heteroatoms. The molecular weight excluding hydrogens is 394 g/mol. The first-order valence-corrected chi connectivity index (χ1v) is 11.0. The molecule has 1 aliphatic rings. The van der Waals surface area contributed by atoms with Crippen molar-refractivity contribution in [3.8, 4) is 0 Å². The van der Waals surface area contributed by atoms with Crippen LogP contribution in [0.1, 0.15) is 11.3 Å². The number of rotatable bonds is 5. The molecule has 0 spiro atoms. The van der Waals surface area contributed by atoms with Gasteiger partial charge in [0.15, 0.2) is 14.9 Å². The second-order valence-corrected chi connectivity index (χ2v) is 9.65. The average molecular weight is 412 g/mol. The summed E-state index contributed by atoms with van der Waals surface area (Å²) in [6, 6.07) is 9.70. The molecule has 3 rings (SSSR count). The second-order valence-electron chi connectivity index (χ2n) is 6.00. The molecule has 0 unspecified atom stereocenters. The first-order valence-electron chi connectivity index (χ1n) is 7.89. The Balaban J connectivity index is 1.76. The van der Waals surface area contributed by atoms with Crippen LogP contribution in [0.15, 0.2) is 41.8 Å². The summed E-state index contributed by atoms with van der Waals surface area (Å²) in [6.45, 7) is 0.524. The molecule has 1 aromatic carbocycles. The number of hydrogen-bond donors (Lipinski definition) is 1. The number of thiocarbonyl (C=S) groups is 1. The van der Waals surface area contributed by atoms with Gasteiger partial charge in [-0.15, -0.1) is 11.3 Å². The van der Waals surface area contributed by atoms with E-state index < -0.39 is 14.8 Å². The quantitative estimate of drug-likeness (QED) is 0.459. The lowest BCUT2D eigenvalue weighted by atomic mass is 10.2. The van der Waals surface area contributed by atoms with Crippen LogP contribution in [0, 0.1) is 10.1 Å². The highest BCUT2D eigenvalue weighted by atomic mass is 32.2. The van der Waals surface area contributed by atoms with Crippen LogP contribution >= 0.6 is 23.6 Å². The molecule has 0 radical (unpaired) electrons. The Labute approximate surface area is 160 Å². The molecule has 0 saturated carbocycles. The van der Waals surface area contributed by atoms with Gasteiger partial charge in [0.05, 0.1) is 23.0 Å². The molecule has 0 bridgehead atoms. The van der Waals surface area contributed by atoms with Gasteiger partial charge in [-0.25, -0.2) is 8.42 Å². The van der Waals surface area contributed by atoms with Crippen molar-refractivity contribution in [3.63, 3.8) is 0 Å². The van der Waals surface area contributed by atoms with E-state index in [2.05, 4.69) is 5.32 Å². The van der Waals surface area contributed by atoms with E-state index in [-0.39, 0.29) is 23.2 Å². The number of nitro benzene ring substituents is 1. The van der Waals surface area contributed by atoms with Crippen molar-refractivity contribution in [2.45, 2.75) is 19.0 Å². The largest absolute Gasteiger partial charge is 0.340 e. The summed E-state index contributed by atoms with van der Waals surface area (Å²) < 4.78 is 23.8. The summed E-state index contributed by atoms with van der Waals surface area (Å²) in [5, 5.41) is 16.2. The summed E-state index contributed by atoms with van der Waals surface area (Å²) in [5.41, 5.74) is 0.622. The smallest absolute Gasteiger partial charge is 0.269 e. The fourth-order valence-electron chi connectivity index (χ4n) is 2.82. The lowest BCUT2D eigenvalue weighted by Gasteiger charge is -2.30. The Morgan fingerprint density at radius 1 is 1.35 bits per heavy atom. The topological polar surface area (TPSA) is 92.6 Å². The molecule has 2 heterocycles. The fraction of sp³-hybridized carbons (Fsp3) is 0.312. The number of anilines is 1. The van der Waals surface area contributed by atoms with Gasteiger partial charge in [0.1, 0.15) is 0 Å². The Bertz CT molecular complexity index is 895. The van der Waals surface area contributed by atoms with Crippen LogP contribution in [0.5, 0.6) is 0 Å². The molecule has 138 valence electrons. The van der Waals surface area contributed by atoms with Crippen molar-refractivity contribution in [2.75, 3.05) is 16.8 Å². The van der Waals surface area contributed by atoms with Gasteiger partial charge in [0.25, 0.3) is 5.69 Å². The van der Waals surface area contributed by atoms with Gasteiger partial charge >= 0.3 is 0 Å². The Kier molecular flexibility index (Phi) is 5.54. The maximum absolute atomic E-state index is 11.9. The molecule has 0 aliphatic carbocycles. The number of benzene rings is 1. The summed E-state index contributed by atoms with van der Waals surface area (Å²) in [6.07, 6.45) is 0.537. The zero-order valence-electron chi connectivity index (χ0n) is 13.7. The van der Waals surface area contributed by atoms with Gasteiger partial charge in [-0.2, -0.15) is 0 Å². The second kappa shape index (κ2) is 7.68. The van der Waals surface area contributed by atoms with Crippen molar-refractivity contribution in [1.29, 1.82) is 0 Å². The van der Waals surface area contributed by atoms with Crippen LogP contribution < -0.4 is 5.32 Å². The van der Waals surface area contributed by atoms with Gasteiger partial charge in [-0.05, 0) is 42.2 Å². The minimum absolute atomic E-state index is 0.00111. The van der Waals surface area contributed by atoms with E-state index in [4.69, 9.17) is 12.2 Å². The molecule has 7 nitrogen and oxygen atoms in total. The van der Waals surface area contributed by atoms with E-state index in [1.807, 2.05) is 22.4 Å². The number of nitrogens with one attached hydrogen (secondary N) is 1. The van der Waals surface area contributed by atoms with Crippen LogP contribution in [0.3, 0.4) is 0 Å². The van der Waals surface area contributed by atoms with Crippen LogP contribution in [-0.2, 0) is 16.4 Å². The SMILES string of the molecule is O=[N+]([O-])c1ccc(NC(=S)N(Cc2cccs2)[C@@H]2CCS(=O)(=O)C2)cc1. The molecule has 1 atom stereocenters. The normalized spacial score (nSPS) is 18.4. The van der Waals surface area contributed by atoms with Crippen molar-refractivity contribution < 1.29 is 13.3 Å². The molecule has 0 amide bonds.